The highest BCUT2D eigenvalue weighted by Gasteiger charge is 2.22. The molecular formula is C26H25N3O3S. The fourth-order valence-corrected chi connectivity index (χ4v) is 3.79. The average Bonchev–Trinajstić information content (AvgIpc) is 3.48. The molecule has 1 N–H and O–H groups in total. The fourth-order valence-electron chi connectivity index (χ4n) is 3.11. The minimum atomic E-state index is -0.650. The zero-order valence-corrected chi connectivity index (χ0v) is 19.6. The topological polar surface area (TPSA) is 77.2 Å². The summed E-state index contributed by atoms with van der Waals surface area (Å²) in [5, 5.41) is 5.16. The van der Waals surface area contributed by atoms with Crippen LogP contribution in [0, 0.1) is 0 Å². The van der Waals surface area contributed by atoms with Crippen molar-refractivity contribution in [2.45, 2.75) is 32.8 Å². The Morgan fingerprint density at radius 1 is 1.12 bits per heavy atom. The van der Waals surface area contributed by atoms with E-state index in [1.54, 1.807) is 42.0 Å². The van der Waals surface area contributed by atoms with Crippen molar-refractivity contribution in [1.82, 2.24) is 9.97 Å². The van der Waals surface area contributed by atoms with Crippen LogP contribution in [-0.4, -0.2) is 21.5 Å². The third-order valence-electron chi connectivity index (χ3n) is 4.53. The molecule has 0 amide bonds. The number of thiophene rings is 1. The van der Waals surface area contributed by atoms with E-state index < -0.39 is 11.6 Å². The van der Waals surface area contributed by atoms with Gasteiger partial charge in [-0.2, -0.15) is 0 Å². The van der Waals surface area contributed by atoms with Crippen molar-refractivity contribution in [2.24, 2.45) is 0 Å². The Kier molecular flexibility index (Phi) is 6.70. The van der Waals surface area contributed by atoms with Crippen molar-refractivity contribution in [3.8, 4) is 10.6 Å². The Morgan fingerprint density at radius 2 is 1.94 bits per heavy atom. The average molecular weight is 460 g/mol. The summed E-state index contributed by atoms with van der Waals surface area (Å²) in [6, 6.07) is 17.5. The normalized spacial score (nSPS) is 11.9. The highest BCUT2D eigenvalue weighted by Crippen LogP contribution is 2.26. The first-order valence-corrected chi connectivity index (χ1v) is 11.4. The van der Waals surface area contributed by atoms with Gasteiger partial charge in [0.25, 0.3) is 0 Å². The smallest absolute Gasteiger partial charge is 0.355 e. The molecule has 3 heterocycles. The van der Waals surface area contributed by atoms with Crippen LogP contribution in [0.25, 0.3) is 16.6 Å². The van der Waals surface area contributed by atoms with Crippen LogP contribution in [0.3, 0.4) is 0 Å². The maximum atomic E-state index is 13.0. The first-order chi connectivity index (χ1) is 15.9. The second-order valence-electron chi connectivity index (χ2n) is 8.39. The van der Waals surface area contributed by atoms with Crippen LogP contribution >= 0.6 is 11.3 Å². The molecule has 0 unspecified atom stereocenters. The summed E-state index contributed by atoms with van der Waals surface area (Å²) < 4.78 is 11.0. The Bertz CT molecular complexity index is 1230. The van der Waals surface area contributed by atoms with Gasteiger partial charge < -0.3 is 14.5 Å². The summed E-state index contributed by atoms with van der Waals surface area (Å²) in [5.41, 5.74) is 2.17. The molecule has 7 heteroatoms. The summed E-state index contributed by atoms with van der Waals surface area (Å²) >= 11 is 1.60. The molecule has 0 saturated heterocycles. The van der Waals surface area contributed by atoms with Gasteiger partial charge in [-0.25, -0.2) is 14.8 Å². The summed E-state index contributed by atoms with van der Waals surface area (Å²) in [7, 11) is 0. The first-order valence-electron chi connectivity index (χ1n) is 10.6. The lowest BCUT2D eigenvalue weighted by molar-refractivity contribution is -0.149. The van der Waals surface area contributed by atoms with Gasteiger partial charge in [0.15, 0.2) is 5.82 Å². The number of nitrogens with zero attached hydrogens (tertiary/aromatic N) is 2. The number of carbonyl (C=O) groups excluding carboxylic acids is 1. The molecule has 168 valence electrons. The van der Waals surface area contributed by atoms with Gasteiger partial charge in [-0.15, -0.1) is 11.3 Å². The van der Waals surface area contributed by atoms with E-state index in [4.69, 9.17) is 14.1 Å². The SMILES string of the molecule is CC(C)(C)OC(=O)C(=Cc1ccco1)Nc1ncc(-c2cccs2)nc1Cc1ccccc1. The lowest BCUT2D eigenvalue weighted by Crippen LogP contribution is -2.27. The van der Waals surface area contributed by atoms with Gasteiger partial charge in [-0.05, 0) is 49.9 Å². The number of hydrogen-bond donors (Lipinski definition) is 1. The highest BCUT2D eigenvalue weighted by molar-refractivity contribution is 7.13. The van der Waals surface area contributed by atoms with Gasteiger partial charge in [0.2, 0.25) is 0 Å². The van der Waals surface area contributed by atoms with Crippen LogP contribution in [0.5, 0.6) is 0 Å². The van der Waals surface area contributed by atoms with Crippen LogP contribution in [-0.2, 0) is 16.0 Å². The Hall–Kier alpha value is -3.71. The summed E-state index contributed by atoms with van der Waals surface area (Å²) in [6.07, 6.45) is 5.42. The standard InChI is InChI=1S/C26H25N3O3S/c1-26(2,3)32-25(30)21(16-19-11-7-13-31-19)29-24-20(15-18-9-5-4-6-10-18)28-22(17-27-24)23-12-8-14-33-23/h4-14,16-17H,15H2,1-3H3,(H,27,29). The van der Waals surface area contributed by atoms with Crippen LogP contribution < -0.4 is 5.32 Å². The van der Waals surface area contributed by atoms with E-state index in [0.717, 1.165) is 21.8 Å². The summed E-state index contributed by atoms with van der Waals surface area (Å²) in [5.74, 6) is 0.507. The maximum absolute atomic E-state index is 13.0. The van der Waals surface area contributed by atoms with Gasteiger partial charge in [0.05, 0.1) is 28.7 Å². The lowest BCUT2D eigenvalue weighted by atomic mass is 10.1. The number of benzene rings is 1. The third kappa shape index (κ3) is 6.17. The van der Waals surface area contributed by atoms with Gasteiger partial charge >= 0.3 is 5.97 Å². The minimum Gasteiger partial charge on any atom is -0.465 e. The molecule has 3 aromatic heterocycles. The van der Waals surface area contributed by atoms with Crippen LogP contribution in [0.4, 0.5) is 5.82 Å². The molecule has 4 aromatic rings. The Balaban J connectivity index is 1.72. The molecule has 33 heavy (non-hydrogen) atoms. The predicted molar refractivity (Wildman–Crippen MR) is 131 cm³/mol. The number of carbonyl (C=O) groups is 1. The fraction of sp³-hybridized carbons (Fsp3) is 0.192. The highest BCUT2D eigenvalue weighted by atomic mass is 32.1. The Morgan fingerprint density at radius 3 is 2.61 bits per heavy atom. The van der Waals surface area contributed by atoms with E-state index in [2.05, 4.69) is 10.3 Å². The molecule has 0 bridgehead atoms. The molecule has 0 atom stereocenters. The molecule has 0 spiro atoms. The van der Waals surface area contributed by atoms with Crippen LogP contribution in [0.1, 0.15) is 37.8 Å². The van der Waals surface area contributed by atoms with E-state index in [0.29, 0.717) is 18.0 Å². The Labute approximate surface area is 197 Å². The molecule has 0 fully saturated rings. The molecule has 0 saturated carbocycles. The number of ether oxygens (including phenoxy) is 1. The van der Waals surface area contributed by atoms with E-state index >= 15 is 0 Å². The number of rotatable bonds is 7. The molecular weight excluding hydrogens is 434 g/mol. The van der Waals surface area contributed by atoms with Gasteiger partial charge in [-0.3, -0.25) is 0 Å². The van der Waals surface area contributed by atoms with E-state index in [1.165, 1.54) is 0 Å². The number of anilines is 1. The molecule has 4 rings (SSSR count). The van der Waals surface area contributed by atoms with E-state index in [9.17, 15) is 4.79 Å². The molecule has 6 nitrogen and oxygen atoms in total. The number of furan rings is 1. The molecule has 0 aliphatic rings. The first kappa shape index (κ1) is 22.5. The molecule has 0 aliphatic carbocycles. The van der Waals surface area contributed by atoms with Crippen molar-refractivity contribution in [3.05, 3.63) is 95.2 Å². The molecule has 0 aliphatic heterocycles. The van der Waals surface area contributed by atoms with Crippen molar-refractivity contribution in [2.75, 3.05) is 5.32 Å². The van der Waals surface area contributed by atoms with E-state index in [1.807, 2.05) is 68.6 Å². The number of hydrogen-bond acceptors (Lipinski definition) is 7. The minimum absolute atomic E-state index is 0.215. The molecule has 0 radical (unpaired) electrons. The molecule has 1 aromatic carbocycles. The predicted octanol–water partition coefficient (Wildman–Crippen LogP) is 6.18. The zero-order valence-electron chi connectivity index (χ0n) is 18.7. The zero-order chi connectivity index (χ0) is 23.3. The third-order valence-corrected chi connectivity index (χ3v) is 5.43. The van der Waals surface area contributed by atoms with Crippen molar-refractivity contribution >= 4 is 29.2 Å². The maximum Gasteiger partial charge on any atom is 0.355 e. The largest absolute Gasteiger partial charge is 0.465 e. The second kappa shape index (κ2) is 9.83. The van der Waals surface area contributed by atoms with Crippen LogP contribution in [0.15, 0.2) is 82.6 Å². The number of aromatic nitrogens is 2. The van der Waals surface area contributed by atoms with Gasteiger partial charge in [0.1, 0.15) is 17.1 Å². The second-order valence-corrected chi connectivity index (χ2v) is 9.34. The quantitative estimate of drug-likeness (QED) is 0.262. The number of nitrogens with one attached hydrogen (secondary N) is 1. The van der Waals surface area contributed by atoms with Crippen molar-refractivity contribution in [3.63, 3.8) is 0 Å². The van der Waals surface area contributed by atoms with Crippen LogP contribution in [0.2, 0.25) is 0 Å². The van der Waals surface area contributed by atoms with Gasteiger partial charge in [0, 0.05) is 12.5 Å². The summed E-state index contributed by atoms with van der Waals surface area (Å²) in [6.45, 7) is 5.48. The summed E-state index contributed by atoms with van der Waals surface area (Å²) in [4.78, 5) is 23.5. The van der Waals surface area contributed by atoms with Crippen molar-refractivity contribution < 1.29 is 13.9 Å². The lowest BCUT2D eigenvalue weighted by Gasteiger charge is -2.21. The number of esters is 1. The van der Waals surface area contributed by atoms with Gasteiger partial charge in [-0.1, -0.05) is 36.4 Å². The monoisotopic (exact) mass is 459 g/mol. The van der Waals surface area contributed by atoms with Crippen molar-refractivity contribution in [1.29, 1.82) is 0 Å². The van der Waals surface area contributed by atoms with E-state index in [-0.39, 0.29) is 5.70 Å².